The zero-order valence-electron chi connectivity index (χ0n) is 38.3. The second-order valence-electron chi connectivity index (χ2n) is 16.5. The summed E-state index contributed by atoms with van der Waals surface area (Å²) in [4.78, 5) is 24.4. The van der Waals surface area contributed by atoms with Crippen molar-refractivity contribution in [3.05, 3.63) is 60.8 Å². The molecule has 1 N–H and O–H groups in total. The highest BCUT2D eigenvalue weighted by atomic mass is 16.6. The van der Waals surface area contributed by atoms with Gasteiger partial charge in [0, 0.05) is 12.8 Å². The number of esters is 2. The average Bonchev–Trinajstić information content (AvgIpc) is 3.23. The van der Waals surface area contributed by atoms with Crippen LogP contribution in [0.5, 0.6) is 0 Å². The molecule has 0 saturated heterocycles. The van der Waals surface area contributed by atoms with E-state index in [1.165, 1.54) is 141 Å². The van der Waals surface area contributed by atoms with Gasteiger partial charge in [0.05, 0.1) is 6.61 Å². The third-order valence-electron chi connectivity index (χ3n) is 10.8. The Hall–Kier alpha value is -2.40. The predicted octanol–water partition coefficient (Wildman–Crippen LogP) is 16.3. The van der Waals surface area contributed by atoms with Gasteiger partial charge in [0.25, 0.3) is 0 Å². The van der Waals surface area contributed by atoms with Gasteiger partial charge in [-0.25, -0.2) is 0 Å². The number of unbranched alkanes of at least 4 members (excludes halogenated alkanes) is 27. The van der Waals surface area contributed by atoms with Gasteiger partial charge in [-0.2, -0.15) is 0 Å². The predicted molar refractivity (Wildman–Crippen MR) is 251 cm³/mol. The molecule has 0 aromatic heterocycles. The highest BCUT2D eigenvalue weighted by Gasteiger charge is 2.16. The Bertz CT molecular complexity index is 1010. The molecule has 0 fully saturated rings. The van der Waals surface area contributed by atoms with Crippen LogP contribution in [-0.2, 0) is 19.1 Å². The molecule has 0 spiro atoms. The average molecular weight is 811 g/mol. The van der Waals surface area contributed by atoms with Crippen LogP contribution in [0.25, 0.3) is 0 Å². The number of carbonyl (C=O) groups is 2. The Labute approximate surface area is 360 Å². The SMILES string of the molecule is CC/C=C\C/C=C\C/C=C\C/C=C\C/C=C\CCCCCC(=O)OC(CO)COC(=O)CCCCCCCCCCCCCCCCCCCCCCCCCCC. The molecule has 0 aliphatic rings. The van der Waals surface area contributed by atoms with Gasteiger partial charge in [0.2, 0.25) is 0 Å². The fraction of sp³-hybridized carbons (Fsp3) is 0.774. The molecule has 5 nitrogen and oxygen atoms in total. The molecule has 0 radical (unpaired) electrons. The van der Waals surface area contributed by atoms with Crippen LogP contribution in [-0.4, -0.2) is 36.4 Å². The molecular formula is C53H94O5. The smallest absolute Gasteiger partial charge is 0.306 e. The third-order valence-corrected chi connectivity index (χ3v) is 10.8. The zero-order valence-corrected chi connectivity index (χ0v) is 38.3. The highest BCUT2D eigenvalue weighted by molar-refractivity contribution is 5.70. The number of allylic oxidation sites excluding steroid dienone is 10. The van der Waals surface area contributed by atoms with Crippen molar-refractivity contribution in [2.75, 3.05) is 13.2 Å². The van der Waals surface area contributed by atoms with Gasteiger partial charge in [-0.05, 0) is 57.8 Å². The summed E-state index contributed by atoms with van der Waals surface area (Å²) in [6.45, 7) is 4.02. The van der Waals surface area contributed by atoms with Crippen molar-refractivity contribution in [2.45, 2.75) is 251 Å². The van der Waals surface area contributed by atoms with E-state index in [4.69, 9.17) is 9.47 Å². The summed E-state index contributed by atoms with van der Waals surface area (Å²) in [5, 5.41) is 9.61. The van der Waals surface area contributed by atoms with E-state index >= 15 is 0 Å². The maximum atomic E-state index is 12.2. The summed E-state index contributed by atoms with van der Waals surface area (Å²) in [7, 11) is 0. The highest BCUT2D eigenvalue weighted by Crippen LogP contribution is 2.16. The van der Waals surface area contributed by atoms with Crippen LogP contribution in [0.15, 0.2) is 60.8 Å². The lowest BCUT2D eigenvalue weighted by atomic mass is 10.0. The zero-order chi connectivity index (χ0) is 42.1. The van der Waals surface area contributed by atoms with E-state index in [0.29, 0.717) is 12.8 Å². The normalized spacial score (nSPS) is 12.7. The summed E-state index contributed by atoms with van der Waals surface area (Å²) < 4.78 is 10.6. The Morgan fingerprint density at radius 2 is 0.741 bits per heavy atom. The molecule has 0 aliphatic carbocycles. The van der Waals surface area contributed by atoms with Crippen molar-refractivity contribution < 1.29 is 24.2 Å². The van der Waals surface area contributed by atoms with Crippen molar-refractivity contribution in [1.29, 1.82) is 0 Å². The van der Waals surface area contributed by atoms with E-state index in [1.54, 1.807) is 0 Å². The van der Waals surface area contributed by atoms with Crippen molar-refractivity contribution in [3.63, 3.8) is 0 Å². The Kier molecular flexibility index (Phi) is 46.9. The number of rotatable bonds is 45. The summed E-state index contributed by atoms with van der Waals surface area (Å²) in [5.74, 6) is -0.621. The van der Waals surface area contributed by atoms with Crippen LogP contribution in [0.4, 0.5) is 0 Å². The maximum Gasteiger partial charge on any atom is 0.306 e. The molecule has 0 amide bonds. The van der Waals surface area contributed by atoms with E-state index in [0.717, 1.165) is 77.0 Å². The second-order valence-corrected chi connectivity index (χ2v) is 16.5. The first-order chi connectivity index (χ1) is 28.6. The summed E-state index contributed by atoms with van der Waals surface area (Å²) in [6.07, 6.45) is 64.6. The first-order valence-corrected chi connectivity index (χ1v) is 24.8. The third kappa shape index (κ3) is 46.3. The van der Waals surface area contributed by atoms with E-state index in [1.807, 2.05) is 0 Å². The van der Waals surface area contributed by atoms with Gasteiger partial charge in [-0.1, -0.05) is 235 Å². The van der Waals surface area contributed by atoms with E-state index in [9.17, 15) is 14.7 Å². The lowest BCUT2D eigenvalue weighted by Gasteiger charge is -2.15. The van der Waals surface area contributed by atoms with Gasteiger partial charge >= 0.3 is 11.9 Å². The molecule has 0 aromatic rings. The molecule has 0 saturated carbocycles. The summed E-state index contributed by atoms with van der Waals surface area (Å²) in [6, 6.07) is 0. The molecule has 1 unspecified atom stereocenters. The number of aliphatic hydroxyl groups excluding tert-OH is 1. The van der Waals surface area contributed by atoms with Crippen LogP contribution < -0.4 is 0 Å². The molecule has 0 bridgehead atoms. The van der Waals surface area contributed by atoms with Gasteiger partial charge in [-0.15, -0.1) is 0 Å². The lowest BCUT2D eigenvalue weighted by Crippen LogP contribution is -2.28. The number of ether oxygens (including phenoxy) is 2. The summed E-state index contributed by atoms with van der Waals surface area (Å²) >= 11 is 0. The molecule has 0 heterocycles. The first kappa shape index (κ1) is 55.6. The van der Waals surface area contributed by atoms with Gasteiger partial charge in [0.1, 0.15) is 6.61 Å². The molecule has 336 valence electrons. The largest absolute Gasteiger partial charge is 0.462 e. The van der Waals surface area contributed by atoms with E-state index in [-0.39, 0.29) is 25.2 Å². The van der Waals surface area contributed by atoms with Crippen molar-refractivity contribution in [3.8, 4) is 0 Å². The van der Waals surface area contributed by atoms with Crippen LogP contribution in [0.3, 0.4) is 0 Å². The quantitative estimate of drug-likeness (QED) is 0.0377. The van der Waals surface area contributed by atoms with Crippen molar-refractivity contribution in [2.24, 2.45) is 0 Å². The Morgan fingerprint density at radius 3 is 1.12 bits per heavy atom. The Balaban J connectivity index is 3.52. The summed E-state index contributed by atoms with van der Waals surface area (Å²) in [5.41, 5.74) is 0. The molecule has 1 atom stereocenters. The number of hydrogen-bond donors (Lipinski definition) is 1. The van der Waals surface area contributed by atoms with Gasteiger partial charge in [-0.3, -0.25) is 9.59 Å². The lowest BCUT2D eigenvalue weighted by molar-refractivity contribution is -0.161. The van der Waals surface area contributed by atoms with Crippen molar-refractivity contribution >= 4 is 11.9 Å². The van der Waals surface area contributed by atoms with Gasteiger partial charge < -0.3 is 14.6 Å². The molecule has 0 rings (SSSR count). The molecule has 0 aromatic carbocycles. The maximum absolute atomic E-state index is 12.2. The number of aliphatic hydroxyl groups is 1. The van der Waals surface area contributed by atoms with Crippen LogP contribution in [0.2, 0.25) is 0 Å². The fourth-order valence-corrected chi connectivity index (χ4v) is 7.11. The van der Waals surface area contributed by atoms with E-state index in [2.05, 4.69) is 74.6 Å². The Morgan fingerprint density at radius 1 is 0.414 bits per heavy atom. The van der Waals surface area contributed by atoms with Crippen LogP contribution in [0, 0.1) is 0 Å². The minimum Gasteiger partial charge on any atom is -0.462 e. The molecular weight excluding hydrogens is 717 g/mol. The molecule has 58 heavy (non-hydrogen) atoms. The fourth-order valence-electron chi connectivity index (χ4n) is 7.11. The number of hydrogen-bond acceptors (Lipinski definition) is 5. The molecule has 0 aliphatic heterocycles. The van der Waals surface area contributed by atoms with E-state index < -0.39 is 6.10 Å². The minimum absolute atomic E-state index is 0.0788. The monoisotopic (exact) mass is 811 g/mol. The van der Waals surface area contributed by atoms with Crippen molar-refractivity contribution in [1.82, 2.24) is 0 Å². The first-order valence-electron chi connectivity index (χ1n) is 24.8. The minimum atomic E-state index is -0.790. The molecule has 5 heteroatoms. The van der Waals surface area contributed by atoms with Crippen LogP contribution in [0.1, 0.15) is 245 Å². The standard InChI is InChI=1S/C53H94O5/c1-3-5-7-9-11-13-15-17-19-21-23-24-25-26-27-28-30-31-33-35-37-39-41-43-45-47-52(55)57-50-51(49-54)58-53(56)48-46-44-42-40-38-36-34-32-29-22-20-18-16-14-12-10-8-6-4-2/h6,8,12,14,18,20,29,32,36,38,51,54H,3-5,7,9-11,13,15-17,19,21-28,30-31,33-35,37,39-50H2,1-2H3/b8-6-,14-12-,20-18-,32-29-,38-36-. The van der Waals surface area contributed by atoms with Crippen LogP contribution >= 0.6 is 0 Å². The van der Waals surface area contributed by atoms with Gasteiger partial charge in [0.15, 0.2) is 6.10 Å². The topological polar surface area (TPSA) is 72.8 Å². The second kappa shape index (κ2) is 49.0. The number of carbonyl (C=O) groups excluding carboxylic acids is 2.